The molecule has 0 aliphatic carbocycles. The predicted octanol–water partition coefficient (Wildman–Crippen LogP) is 3.86. The summed E-state index contributed by atoms with van der Waals surface area (Å²) in [4.78, 5) is 12.6. The second-order valence-electron chi connectivity index (χ2n) is 7.48. The molecule has 0 saturated carbocycles. The quantitative estimate of drug-likeness (QED) is 0.901. The van der Waals surface area contributed by atoms with Gasteiger partial charge < -0.3 is 14.6 Å². The molecule has 2 rings (SSSR count). The third kappa shape index (κ3) is 2.98. The molecule has 0 saturated heterocycles. The van der Waals surface area contributed by atoms with Crippen LogP contribution >= 0.6 is 0 Å². The Bertz CT molecular complexity index is 625. The van der Waals surface area contributed by atoms with Crippen LogP contribution in [0.1, 0.15) is 61.2 Å². The molecular weight excluding hydrogens is 280 g/mol. The molecule has 0 bridgehead atoms. The lowest BCUT2D eigenvalue weighted by atomic mass is 9.86. The average Bonchev–Trinajstić information content (AvgIpc) is 2.39. The highest BCUT2D eigenvalue weighted by Gasteiger charge is 2.40. The van der Waals surface area contributed by atoms with Crippen LogP contribution in [0.25, 0.3) is 0 Å². The van der Waals surface area contributed by atoms with E-state index in [1.165, 1.54) is 0 Å². The van der Waals surface area contributed by atoms with E-state index in [-0.39, 0.29) is 23.6 Å². The largest absolute Gasteiger partial charge is 0.507 e. The number of Topliss-reactive ketones (excluding diaryl/α,β-unsaturated/α-hetero) is 1. The molecule has 1 atom stereocenters. The van der Waals surface area contributed by atoms with Gasteiger partial charge in [0.25, 0.3) is 0 Å². The van der Waals surface area contributed by atoms with Crippen LogP contribution in [-0.2, 0) is 4.74 Å². The Morgan fingerprint density at radius 2 is 1.77 bits per heavy atom. The zero-order chi connectivity index (χ0) is 16.9. The Balaban J connectivity index is 2.44. The summed E-state index contributed by atoms with van der Waals surface area (Å²) in [6.45, 7) is 13.7. The maximum atomic E-state index is 12.6. The first-order chi connectivity index (χ1) is 9.95. The number of aromatic hydroxyl groups is 1. The summed E-state index contributed by atoms with van der Waals surface area (Å²) in [6.07, 6.45) is 0.249. The first-order valence-electron chi connectivity index (χ1n) is 7.64. The molecule has 0 spiro atoms. The fraction of sp³-hybridized carbons (Fsp3) is 0.611. The molecule has 1 aliphatic rings. The first kappa shape index (κ1) is 16.8. The number of ether oxygens (including phenoxy) is 2. The number of carbonyl (C=O) groups excluding carboxylic acids is 1. The maximum absolute atomic E-state index is 12.6. The van der Waals surface area contributed by atoms with E-state index >= 15 is 0 Å². The zero-order valence-corrected chi connectivity index (χ0v) is 14.6. The van der Waals surface area contributed by atoms with Gasteiger partial charge in [0.15, 0.2) is 5.78 Å². The van der Waals surface area contributed by atoms with E-state index in [4.69, 9.17) is 9.47 Å². The molecule has 4 nitrogen and oxygen atoms in total. The number of benzene rings is 1. The van der Waals surface area contributed by atoms with Crippen LogP contribution in [0.2, 0.25) is 0 Å². The molecule has 122 valence electrons. The van der Waals surface area contributed by atoms with Crippen molar-refractivity contribution < 1.29 is 19.4 Å². The fourth-order valence-electron chi connectivity index (χ4n) is 2.73. The van der Waals surface area contributed by atoms with Gasteiger partial charge in [0.1, 0.15) is 17.1 Å². The van der Waals surface area contributed by atoms with Crippen molar-refractivity contribution in [2.75, 3.05) is 6.61 Å². The number of hydrogen-bond donors (Lipinski definition) is 1. The van der Waals surface area contributed by atoms with Crippen molar-refractivity contribution in [3.63, 3.8) is 0 Å². The molecule has 1 aromatic rings. The molecule has 1 unspecified atom stereocenters. The monoisotopic (exact) mass is 306 g/mol. The molecule has 1 aromatic carbocycles. The summed E-state index contributed by atoms with van der Waals surface area (Å²) >= 11 is 0. The topological polar surface area (TPSA) is 55.8 Å². The minimum absolute atomic E-state index is 0.00263. The van der Waals surface area contributed by atoms with Crippen molar-refractivity contribution in [1.29, 1.82) is 0 Å². The standard InChI is InChI=1S/C18H26O4/c1-10-11(2)16-14(12(3)15(10)20)13(19)8-18(7,22-16)9-21-17(4,5)6/h20H,8-9H2,1-7H3. The van der Waals surface area contributed by atoms with Crippen LogP contribution in [-0.4, -0.2) is 28.7 Å². The van der Waals surface area contributed by atoms with E-state index in [0.717, 1.165) is 11.1 Å². The Labute approximate surface area is 132 Å². The van der Waals surface area contributed by atoms with Crippen molar-refractivity contribution in [3.8, 4) is 11.5 Å². The van der Waals surface area contributed by atoms with Crippen LogP contribution in [0.4, 0.5) is 0 Å². The normalized spacial score (nSPS) is 21.5. The Morgan fingerprint density at radius 3 is 2.32 bits per heavy atom. The number of rotatable bonds is 2. The SMILES string of the molecule is Cc1c(C)c2c(c(C)c1O)C(=O)CC(C)(COC(C)(C)C)O2. The summed E-state index contributed by atoms with van der Waals surface area (Å²) in [6, 6.07) is 0. The maximum Gasteiger partial charge on any atom is 0.171 e. The van der Waals surface area contributed by atoms with Crippen LogP contribution in [0.5, 0.6) is 11.5 Å². The lowest BCUT2D eigenvalue weighted by Crippen LogP contribution is -2.45. The van der Waals surface area contributed by atoms with Gasteiger partial charge in [-0.2, -0.15) is 0 Å². The zero-order valence-electron chi connectivity index (χ0n) is 14.6. The van der Waals surface area contributed by atoms with Crippen molar-refractivity contribution in [2.24, 2.45) is 0 Å². The van der Waals surface area contributed by atoms with E-state index in [1.807, 2.05) is 41.5 Å². The second kappa shape index (κ2) is 5.27. The van der Waals surface area contributed by atoms with Crippen LogP contribution in [0.3, 0.4) is 0 Å². The van der Waals surface area contributed by atoms with Gasteiger partial charge >= 0.3 is 0 Å². The third-order valence-electron chi connectivity index (χ3n) is 4.19. The highest BCUT2D eigenvalue weighted by molar-refractivity contribution is 6.03. The van der Waals surface area contributed by atoms with E-state index < -0.39 is 5.60 Å². The molecule has 4 heteroatoms. The first-order valence-corrected chi connectivity index (χ1v) is 7.64. The van der Waals surface area contributed by atoms with E-state index in [2.05, 4.69) is 0 Å². The summed E-state index contributed by atoms with van der Waals surface area (Å²) < 4.78 is 12.0. The van der Waals surface area contributed by atoms with Gasteiger partial charge in [-0.1, -0.05) is 0 Å². The molecule has 0 aromatic heterocycles. The predicted molar refractivity (Wildman–Crippen MR) is 86.0 cm³/mol. The summed E-state index contributed by atoms with van der Waals surface area (Å²) in [5.41, 5.74) is 1.71. The number of hydrogen-bond acceptors (Lipinski definition) is 4. The Kier molecular flexibility index (Phi) is 4.03. The van der Waals surface area contributed by atoms with E-state index in [1.54, 1.807) is 6.92 Å². The molecular formula is C18H26O4. The van der Waals surface area contributed by atoms with Crippen LogP contribution in [0, 0.1) is 20.8 Å². The average molecular weight is 306 g/mol. The highest BCUT2D eigenvalue weighted by atomic mass is 16.6. The lowest BCUT2D eigenvalue weighted by Gasteiger charge is -2.38. The molecule has 0 fully saturated rings. The van der Waals surface area contributed by atoms with Crippen LogP contribution in [0.15, 0.2) is 0 Å². The molecule has 22 heavy (non-hydrogen) atoms. The number of ketones is 1. The molecule has 0 radical (unpaired) electrons. The van der Waals surface area contributed by atoms with Gasteiger partial charge in [-0.15, -0.1) is 0 Å². The van der Waals surface area contributed by atoms with Gasteiger partial charge in [0.2, 0.25) is 0 Å². The smallest absolute Gasteiger partial charge is 0.171 e. The minimum Gasteiger partial charge on any atom is -0.507 e. The summed E-state index contributed by atoms with van der Waals surface area (Å²) in [7, 11) is 0. The van der Waals surface area contributed by atoms with Gasteiger partial charge in [-0.25, -0.2) is 0 Å². The van der Waals surface area contributed by atoms with Gasteiger partial charge in [0.05, 0.1) is 24.2 Å². The van der Waals surface area contributed by atoms with E-state index in [0.29, 0.717) is 23.5 Å². The number of carbonyl (C=O) groups is 1. The minimum atomic E-state index is -0.683. The lowest BCUT2D eigenvalue weighted by molar-refractivity contribution is -0.0818. The van der Waals surface area contributed by atoms with Crippen molar-refractivity contribution in [2.45, 2.75) is 66.1 Å². The van der Waals surface area contributed by atoms with Gasteiger partial charge in [0, 0.05) is 5.56 Å². The fourth-order valence-corrected chi connectivity index (χ4v) is 2.73. The summed E-state index contributed by atoms with van der Waals surface area (Å²) in [5.74, 6) is 0.768. The Hall–Kier alpha value is -1.55. The second-order valence-corrected chi connectivity index (χ2v) is 7.48. The van der Waals surface area contributed by atoms with Crippen LogP contribution < -0.4 is 4.74 Å². The number of phenolic OH excluding ortho intramolecular Hbond substituents is 1. The molecule has 1 N–H and O–H groups in total. The third-order valence-corrected chi connectivity index (χ3v) is 4.19. The van der Waals surface area contributed by atoms with Crippen molar-refractivity contribution >= 4 is 5.78 Å². The van der Waals surface area contributed by atoms with Crippen molar-refractivity contribution in [3.05, 3.63) is 22.3 Å². The van der Waals surface area contributed by atoms with Gasteiger partial charge in [-0.3, -0.25) is 4.79 Å². The molecule has 1 heterocycles. The number of fused-ring (bicyclic) bond motifs is 1. The highest BCUT2D eigenvalue weighted by Crippen LogP contribution is 2.43. The van der Waals surface area contributed by atoms with E-state index in [9.17, 15) is 9.90 Å². The number of phenols is 1. The molecule has 1 aliphatic heterocycles. The van der Waals surface area contributed by atoms with Gasteiger partial charge in [-0.05, 0) is 59.6 Å². The van der Waals surface area contributed by atoms with Crippen molar-refractivity contribution in [1.82, 2.24) is 0 Å². The summed E-state index contributed by atoms with van der Waals surface area (Å²) in [5, 5.41) is 10.2. The Morgan fingerprint density at radius 1 is 1.18 bits per heavy atom. The molecule has 0 amide bonds.